The van der Waals surface area contributed by atoms with Crippen LogP contribution in [-0.2, 0) is 26.5 Å². The topological polar surface area (TPSA) is 33.5 Å². The summed E-state index contributed by atoms with van der Waals surface area (Å²) in [5.41, 5.74) is 11.5. The molecule has 10 rings (SSSR count). The first-order chi connectivity index (χ1) is 29.9. The van der Waals surface area contributed by atoms with Gasteiger partial charge in [-0.1, -0.05) is 125 Å². The van der Waals surface area contributed by atoms with Crippen molar-refractivity contribution in [1.82, 2.24) is 9.55 Å². The summed E-state index contributed by atoms with van der Waals surface area (Å²) < 4.78 is 31.7. The maximum atomic E-state index is 14.0. The number of benzene rings is 7. The molecule has 7 aromatic carbocycles. The van der Waals surface area contributed by atoms with Crippen LogP contribution in [0.1, 0.15) is 53.0 Å². The third kappa shape index (κ3) is 7.58. The summed E-state index contributed by atoms with van der Waals surface area (Å²) in [4.78, 5) is 9.16. The van der Waals surface area contributed by atoms with Gasteiger partial charge in [-0.15, -0.1) is 53.6 Å². The predicted molar refractivity (Wildman–Crippen MR) is 248 cm³/mol. The van der Waals surface area contributed by atoms with Crippen LogP contribution in [0.15, 0.2) is 164 Å². The van der Waals surface area contributed by atoms with Gasteiger partial charge in [0.05, 0.1) is 0 Å². The molecule has 310 valence electrons. The number of nitrogens with zero attached hydrogens (tertiary/aromatic N) is 4. The molecule has 0 aliphatic carbocycles. The molecular weight excluding hydrogens is 947 g/mol. The van der Waals surface area contributed by atoms with E-state index >= 15 is 0 Å². The zero-order chi connectivity index (χ0) is 42.8. The number of fused-ring (bicyclic) bond motifs is 4. The molecule has 1 aliphatic rings. The molecule has 9 aromatic rings. The van der Waals surface area contributed by atoms with E-state index in [0.29, 0.717) is 11.5 Å². The molecule has 62 heavy (non-hydrogen) atoms. The smallest absolute Gasteiger partial charge is 0.135 e. The van der Waals surface area contributed by atoms with Gasteiger partial charge in [0.2, 0.25) is 0 Å². The average molecular weight is 992 g/mol. The van der Waals surface area contributed by atoms with Crippen molar-refractivity contribution in [3.05, 3.63) is 200 Å². The molecule has 0 unspecified atom stereocenters. The van der Waals surface area contributed by atoms with Gasteiger partial charge in [0.25, 0.3) is 0 Å². The van der Waals surface area contributed by atoms with Gasteiger partial charge in [-0.25, -0.2) is 9.37 Å². The SMILES string of the molecule is [2H]C(C)(C)c1ccc(-c2cc(Oc3[c-]c4c(cc3)c3ccccc3n4-c3cc(C(C)(C)C)ccn3)[c-]c(N3[CH-]N(c4ccccc4-c4ccc(F)cc4)c4ccccc43)c2)cc1.[Pt]. The number of hydrogen-bond donors (Lipinski definition) is 0. The second kappa shape index (κ2) is 16.4. The number of aromatic nitrogens is 2. The van der Waals surface area contributed by atoms with Gasteiger partial charge in [0, 0.05) is 68.3 Å². The van der Waals surface area contributed by atoms with E-state index in [9.17, 15) is 4.39 Å². The molecule has 1 aliphatic heterocycles. The van der Waals surface area contributed by atoms with E-state index in [2.05, 4.69) is 139 Å². The van der Waals surface area contributed by atoms with Gasteiger partial charge in [0.1, 0.15) is 11.6 Å². The van der Waals surface area contributed by atoms with Crippen molar-refractivity contribution in [3.8, 4) is 39.6 Å². The Morgan fingerprint density at radius 1 is 0.661 bits per heavy atom. The first-order valence-corrected chi connectivity index (χ1v) is 20.6. The van der Waals surface area contributed by atoms with Gasteiger partial charge in [-0.2, -0.15) is 6.07 Å². The van der Waals surface area contributed by atoms with Gasteiger partial charge < -0.3 is 19.1 Å². The van der Waals surface area contributed by atoms with Gasteiger partial charge in [-0.3, -0.25) is 0 Å². The van der Waals surface area contributed by atoms with Crippen molar-refractivity contribution in [3.63, 3.8) is 0 Å². The molecular formula is C55H44FN4OPt-3. The van der Waals surface area contributed by atoms with Crippen molar-refractivity contribution in [2.75, 3.05) is 9.80 Å². The maximum absolute atomic E-state index is 14.0. The Labute approximate surface area is 378 Å². The standard InChI is InChI=1S/C55H44FN4O.Pt/c1-36(2)37-18-20-38(21-19-37)40-30-43(58-35-59(52-17-11-10-16-51(52)58)49-14-8-6-12-46(49)39-22-24-42(56)25-23-39)33-45(31-40)61-44-26-27-48-47-13-7-9-15-50(47)60(53(48)34-44)54-32-41(28-29-57-54)55(3,4)5;/h6-32,35-36H,1-5H3;/q-3;/i36D;. The second-order valence-corrected chi connectivity index (χ2v) is 16.8. The second-order valence-electron chi connectivity index (χ2n) is 16.8. The van der Waals surface area contributed by atoms with Gasteiger partial charge in [0.15, 0.2) is 0 Å². The van der Waals surface area contributed by atoms with E-state index in [-0.39, 0.29) is 32.3 Å². The molecule has 0 saturated heterocycles. The number of pyridine rings is 1. The van der Waals surface area contributed by atoms with Crippen LogP contribution in [0.2, 0.25) is 0 Å². The number of hydrogen-bond acceptors (Lipinski definition) is 4. The number of rotatable bonds is 8. The van der Waals surface area contributed by atoms with Crippen LogP contribution in [-0.4, -0.2) is 9.55 Å². The van der Waals surface area contributed by atoms with Crippen LogP contribution in [0.3, 0.4) is 0 Å². The van der Waals surface area contributed by atoms with Crippen LogP contribution < -0.4 is 14.5 Å². The minimum Gasteiger partial charge on any atom is -0.509 e. The third-order valence-corrected chi connectivity index (χ3v) is 11.5. The molecule has 5 nitrogen and oxygen atoms in total. The molecule has 0 bridgehead atoms. The zero-order valence-electron chi connectivity index (χ0n) is 36.1. The van der Waals surface area contributed by atoms with E-state index < -0.39 is 5.89 Å². The zero-order valence-corrected chi connectivity index (χ0v) is 37.3. The Morgan fingerprint density at radius 3 is 2.08 bits per heavy atom. The molecule has 0 radical (unpaired) electrons. The molecule has 3 heterocycles. The predicted octanol–water partition coefficient (Wildman–Crippen LogP) is 14.9. The average Bonchev–Trinajstić information content (AvgIpc) is 3.82. The Balaban J connectivity index is 0.00000504. The molecule has 2 aromatic heterocycles. The van der Waals surface area contributed by atoms with Crippen LogP contribution >= 0.6 is 0 Å². The van der Waals surface area contributed by atoms with Crippen LogP contribution in [0.25, 0.3) is 49.9 Å². The molecule has 7 heteroatoms. The Bertz CT molecular complexity index is 3130. The molecule has 0 fully saturated rings. The maximum Gasteiger partial charge on any atom is 0.135 e. The number of ether oxygens (including phenoxy) is 1. The fraction of sp³-hybridized carbons (Fsp3) is 0.127. The monoisotopic (exact) mass is 991 g/mol. The van der Waals surface area contributed by atoms with Crippen molar-refractivity contribution in [1.29, 1.82) is 0 Å². The molecule has 0 amide bonds. The van der Waals surface area contributed by atoms with Crippen molar-refractivity contribution in [2.24, 2.45) is 0 Å². The number of anilines is 4. The van der Waals surface area contributed by atoms with Gasteiger partial charge in [-0.05, 0) is 87.5 Å². The van der Waals surface area contributed by atoms with Crippen LogP contribution in [0.5, 0.6) is 11.5 Å². The minimum atomic E-state index is -0.731. The van der Waals surface area contributed by atoms with Crippen LogP contribution in [0, 0.1) is 24.6 Å². The fourth-order valence-electron chi connectivity index (χ4n) is 8.23. The van der Waals surface area contributed by atoms with Crippen molar-refractivity contribution < 1.29 is 31.6 Å². The Morgan fingerprint density at radius 2 is 1.34 bits per heavy atom. The van der Waals surface area contributed by atoms with Crippen molar-refractivity contribution in [2.45, 2.75) is 45.9 Å². The quantitative estimate of drug-likeness (QED) is 0.142. The van der Waals surface area contributed by atoms with Crippen molar-refractivity contribution >= 4 is 44.6 Å². The summed E-state index contributed by atoms with van der Waals surface area (Å²) in [7, 11) is 0. The Hall–Kier alpha value is -6.49. The summed E-state index contributed by atoms with van der Waals surface area (Å²) in [6.45, 7) is 12.5. The summed E-state index contributed by atoms with van der Waals surface area (Å²) in [5, 5.41) is 2.16. The molecule has 0 N–H and O–H groups in total. The molecule has 0 spiro atoms. The van der Waals surface area contributed by atoms with E-state index in [4.69, 9.17) is 11.1 Å². The summed E-state index contributed by atoms with van der Waals surface area (Å²) in [6, 6.07) is 59.3. The third-order valence-electron chi connectivity index (χ3n) is 11.5. The normalized spacial score (nSPS) is 13.0. The first kappa shape index (κ1) is 39.6. The molecule has 0 atom stereocenters. The summed E-state index contributed by atoms with van der Waals surface area (Å²) in [5.74, 6) is 0.875. The minimum absolute atomic E-state index is 0. The number of para-hydroxylation sites is 4. The summed E-state index contributed by atoms with van der Waals surface area (Å²) in [6.07, 6.45) is 1.88. The van der Waals surface area contributed by atoms with E-state index in [1.165, 1.54) is 17.7 Å². The van der Waals surface area contributed by atoms with E-state index in [1.807, 2.05) is 80.7 Å². The van der Waals surface area contributed by atoms with E-state index in [1.54, 1.807) is 0 Å². The molecule has 0 saturated carbocycles. The van der Waals surface area contributed by atoms with Gasteiger partial charge >= 0.3 is 0 Å². The van der Waals surface area contributed by atoms with E-state index in [0.717, 1.165) is 78.2 Å². The first-order valence-electron chi connectivity index (χ1n) is 21.1. The summed E-state index contributed by atoms with van der Waals surface area (Å²) >= 11 is 0. The largest absolute Gasteiger partial charge is 0.509 e. The Kier molecular flexibility index (Phi) is 10.5. The van der Waals surface area contributed by atoms with Crippen LogP contribution in [0.4, 0.5) is 27.1 Å². The fourth-order valence-corrected chi connectivity index (χ4v) is 8.23. The number of halogens is 1.